The van der Waals surface area contributed by atoms with E-state index < -0.39 is 0 Å². The molecule has 3 aromatic carbocycles. The first-order valence-electron chi connectivity index (χ1n) is 12.4. The average molecular weight is 539 g/mol. The lowest BCUT2D eigenvalue weighted by Gasteiger charge is -2.17. The van der Waals surface area contributed by atoms with Crippen LogP contribution in [0.25, 0.3) is 31.9 Å². The normalized spacial score (nSPS) is 15.0. The zero-order valence-corrected chi connectivity index (χ0v) is 22.0. The van der Waals surface area contributed by atoms with Crippen LogP contribution in [0.15, 0.2) is 72.1 Å². The van der Waals surface area contributed by atoms with Gasteiger partial charge in [-0.3, -0.25) is 9.59 Å². The number of fused-ring (bicyclic) bond motifs is 5. The number of aromatic nitrogens is 2. The molecule has 8 heteroatoms. The number of aromatic amines is 2. The van der Waals surface area contributed by atoms with E-state index in [0.29, 0.717) is 29.5 Å². The van der Waals surface area contributed by atoms with Crippen LogP contribution in [0.1, 0.15) is 38.0 Å². The predicted molar refractivity (Wildman–Crippen MR) is 156 cm³/mol. The maximum Gasteiger partial charge on any atom is 0.274 e. The first-order valence-corrected chi connectivity index (χ1v) is 13.8. The number of halogens is 1. The van der Waals surface area contributed by atoms with Crippen molar-refractivity contribution in [1.82, 2.24) is 9.97 Å². The van der Waals surface area contributed by atoms with Crippen molar-refractivity contribution in [3.8, 4) is 0 Å². The summed E-state index contributed by atoms with van der Waals surface area (Å²) in [6.07, 6.45) is 0. The van der Waals surface area contributed by atoms with E-state index in [1.807, 2.05) is 65.6 Å². The number of carbonyl (C=O) groups excluding carboxylic acids is 2. The number of nitrogens with one attached hydrogen (secondary N) is 3. The van der Waals surface area contributed by atoms with Crippen molar-refractivity contribution in [2.75, 3.05) is 22.6 Å². The molecule has 188 valence electrons. The second-order valence-electron chi connectivity index (χ2n) is 9.77. The highest BCUT2D eigenvalue weighted by Gasteiger charge is 2.35. The molecule has 3 N–H and O–H groups in total. The molecule has 0 fully saturated rings. The SMILES string of the molecule is Cc1csc2ccc3c(c12)[C@H](CCl)CN3C(=O)c1cc2cc(NC(=O)c3cc4ccccc4[nH]3)ccc2[nH]1. The summed E-state index contributed by atoms with van der Waals surface area (Å²) >= 11 is 8.10. The summed E-state index contributed by atoms with van der Waals surface area (Å²) in [5, 5.41) is 8.17. The molecule has 0 spiro atoms. The molecule has 1 aliphatic heterocycles. The average Bonchev–Trinajstić information content (AvgIpc) is 3.70. The number of thiophene rings is 1. The van der Waals surface area contributed by atoms with E-state index in [4.69, 9.17) is 11.6 Å². The Bertz CT molecular complexity index is 1870. The van der Waals surface area contributed by atoms with Gasteiger partial charge in [-0.15, -0.1) is 22.9 Å². The molecule has 0 saturated carbocycles. The quantitative estimate of drug-likeness (QED) is 0.204. The third kappa shape index (κ3) is 3.61. The molecule has 2 amide bonds. The molecule has 0 saturated heterocycles. The van der Waals surface area contributed by atoms with Gasteiger partial charge in [0.05, 0.1) is 0 Å². The lowest BCUT2D eigenvalue weighted by Crippen LogP contribution is -2.30. The lowest BCUT2D eigenvalue weighted by atomic mass is 9.97. The molecule has 3 aromatic heterocycles. The van der Waals surface area contributed by atoms with Crippen LogP contribution in [0.4, 0.5) is 11.4 Å². The third-order valence-corrected chi connectivity index (χ3v) is 8.80. The number of hydrogen-bond acceptors (Lipinski definition) is 3. The maximum absolute atomic E-state index is 13.7. The monoisotopic (exact) mass is 538 g/mol. The Morgan fingerprint density at radius 3 is 2.63 bits per heavy atom. The number of alkyl halides is 1. The molecule has 0 radical (unpaired) electrons. The lowest BCUT2D eigenvalue weighted by molar-refractivity contribution is 0.0983. The Kier molecular flexibility index (Phi) is 5.32. The van der Waals surface area contributed by atoms with E-state index in [1.54, 1.807) is 11.3 Å². The van der Waals surface area contributed by atoms with Gasteiger partial charge in [0.15, 0.2) is 0 Å². The van der Waals surface area contributed by atoms with E-state index in [9.17, 15) is 9.59 Å². The number of nitrogens with zero attached hydrogens (tertiary/aromatic N) is 1. The zero-order chi connectivity index (χ0) is 26.0. The molecule has 38 heavy (non-hydrogen) atoms. The molecular formula is C30H23ClN4O2S. The van der Waals surface area contributed by atoms with Crippen molar-refractivity contribution < 1.29 is 9.59 Å². The van der Waals surface area contributed by atoms with Crippen LogP contribution in [0.5, 0.6) is 0 Å². The number of anilines is 2. The van der Waals surface area contributed by atoms with Gasteiger partial charge in [-0.05, 0) is 72.0 Å². The first-order chi connectivity index (χ1) is 18.5. The van der Waals surface area contributed by atoms with Gasteiger partial charge in [-0.25, -0.2) is 0 Å². The molecule has 0 aliphatic carbocycles. The summed E-state index contributed by atoms with van der Waals surface area (Å²) in [7, 11) is 0. The van der Waals surface area contributed by atoms with Crippen molar-refractivity contribution in [3.63, 3.8) is 0 Å². The fourth-order valence-electron chi connectivity index (χ4n) is 5.55. The van der Waals surface area contributed by atoms with Crippen LogP contribution < -0.4 is 10.2 Å². The third-order valence-electron chi connectivity index (χ3n) is 7.36. The Labute approximate surface area is 227 Å². The number of para-hydroxylation sites is 1. The summed E-state index contributed by atoms with van der Waals surface area (Å²) < 4.78 is 1.22. The van der Waals surface area contributed by atoms with E-state index >= 15 is 0 Å². The van der Waals surface area contributed by atoms with Gasteiger partial charge in [-0.1, -0.05) is 18.2 Å². The number of benzene rings is 3. The molecule has 4 heterocycles. The molecule has 6 nitrogen and oxygen atoms in total. The summed E-state index contributed by atoms with van der Waals surface area (Å²) in [5.41, 5.74) is 6.71. The highest BCUT2D eigenvalue weighted by Crippen LogP contribution is 2.45. The molecule has 1 aliphatic rings. The van der Waals surface area contributed by atoms with Crippen LogP contribution in [0.2, 0.25) is 0 Å². The number of carbonyl (C=O) groups is 2. The van der Waals surface area contributed by atoms with Gasteiger partial charge >= 0.3 is 0 Å². The van der Waals surface area contributed by atoms with E-state index in [0.717, 1.165) is 27.5 Å². The minimum absolute atomic E-state index is 0.0865. The number of H-pyrrole nitrogens is 2. The fraction of sp³-hybridized carbons (Fsp3) is 0.133. The molecule has 0 unspecified atom stereocenters. The second-order valence-corrected chi connectivity index (χ2v) is 11.0. The molecule has 6 aromatic rings. The predicted octanol–water partition coefficient (Wildman–Crippen LogP) is 7.41. The Balaban J connectivity index is 1.18. The standard InChI is InChI=1S/C30H23ClN4O2S/c1-16-15-38-26-9-8-25-28(27(16)26)19(13-31)14-35(25)30(37)24-12-18-10-20(6-7-22(18)34-24)32-29(36)23-11-17-4-2-3-5-21(17)33-23/h2-12,15,19,33-34H,13-14H2,1H3,(H,32,36)/t19-/m1/s1. The van der Waals surface area contributed by atoms with Crippen LogP contribution in [-0.4, -0.2) is 34.2 Å². The number of amides is 2. The van der Waals surface area contributed by atoms with Crippen LogP contribution in [-0.2, 0) is 0 Å². The minimum Gasteiger partial charge on any atom is -0.351 e. The summed E-state index contributed by atoms with van der Waals surface area (Å²) in [5.74, 6) is 0.231. The summed E-state index contributed by atoms with van der Waals surface area (Å²) in [6, 6.07) is 21.2. The van der Waals surface area contributed by atoms with Crippen LogP contribution >= 0.6 is 22.9 Å². The van der Waals surface area contributed by atoms with Crippen molar-refractivity contribution >= 4 is 78.0 Å². The summed E-state index contributed by atoms with van der Waals surface area (Å²) in [6.45, 7) is 2.66. The van der Waals surface area contributed by atoms with E-state index in [2.05, 4.69) is 33.7 Å². The number of aryl methyl sites for hydroxylation is 1. The number of hydrogen-bond donors (Lipinski definition) is 3. The van der Waals surface area contributed by atoms with Gasteiger partial charge < -0.3 is 20.2 Å². The number of rotatable bonds is 4. The van der Waals surface area contributed by atoms with Gasteiger partial charge in [-0.2, -0.15) is 0 Å². The molecule has 1 atom stereocenters. The van der Waals surface area contributed by atoms with Gasteiger partial charge in [0.2, 0.25) is 0 Å². The second kappa shape index (κ2) is 8.75. The minimum atomic E-state index is -0.219. The first kappa shape index (κ1) is 23.1. The Morgan fingerprint density at radius 2 is 1.79 bits per heavy atom. The van der Waals surface area contributed by atoms with E-state index in [1.165, 1.54) is 21.2 Å². The molecule has 0 bridgehead atoms. The maximum atomic E-state index is 13.7. The van der Waals surface area contributed by atoms with Gasteiger partial charge in [0, 0.05) is 61.6 Å². The Hall–Kier alpha value is -4.07. The van der Waals surface area contributed by atoms with Crippen molar-refractivity contribution in [2.24, 2.45) is 0 Å². The van der Waals surface area contributed by atoms with Crippen molar-refractivity contribution in [3.05, 3.63) is 94.6 Å². The van der Waals surface area contributed by atoms with Crippen molar-refractivity contribution in [2.45, 2.75) is 12.8 Å². The van der Waals surface area contributed by atoms with E-state index in [-0.39, 0.29) is 17.7 Å². The highest BCUT2D eigenvalue weighted by molar-refractivity contribution is 7.17. The van der Waals surface area contributed by atoms with Crippen LogP contribution in [0.3, 0.4) is 0 Å². The largest absolute Gasteiger partial charge is 0.351 e. The zero-order valence-electron chi connectivity index (χ0n) is 20.5. The van der Waals surface area contributed by atoms with Crippen molar-refractivity contribution in [1.29, 1.82) is 0 Å². The highest BCUT2D eigenvalue weighted by atomic mass is 35.5. The van der Waals surface area contributed by atoms with Crippen LogP contribution in [0, 0.1) is 6.92 Å². The smallest absolute Gasteiger partial charge is 0.274 e. The fourth-order valence-corrected chi connectivity index (χ4v) is 6.76. The molecular weight excluding hydrogens is 516 g/mol. The van der Waals surface area contributed by atoms with Gasteiger partial charge in [0.1, 0.15) is 11.4 Å². The molecule has 7 rings (SSSR count). The summed E-state index contributed by atoms with van der Waals surface area (Å²) in [4.78, 5) is 34.8. The Morgan fingerprint density at radius 1 is 1.00 bits per heavy atom. The van der Waals surface area contributed by atoms with Gasteiger partial charge in [0.25, 0.3) is 11.8 Å². The topological polar surface area (TPSA) is 81.0 Å².